The van der Waals surface area contributed by atoms with E-state index in [2.05, 4.69) is 58.2 Å². The number of benzene rings is 1. The predicted molar refractivity (Wildman–Crippen MR) is 86.0 cm³/mol. The van der Waals surface area contributed by atoms with Crippen LogP contribution < -0.4 is 10.2 Å². The van der Waals surface area contributed by atoms with Crippen LogP contribution in [0, 0.1) is 0 Å². The molecule has 1 aromatic carbocycles. The third-order valence-electron chi connectivity index (χ3n) is 3.52. The zero-order chi connectivity index (χ0) is 14.7. The monoisotopic (exact) mass is 339 g/mol. The van der Waals surface area contributed by atoms with Gasteiger partial charge in [-0.3, -0.25) is 4.79 Å². The maximum Gasteiger partial charge on any atom is 0.241 e. The molecule has 0 radical (unpaired) electrons. The van der Waals surface area contributed by atoms with Crippen LogP contribution in [0.15, 0.2) is 22.7 Å². The van der Waals surface area contributed by atoms with Crippen LogP contribution in [0.3, 0.4) is 0 Å². The number of rotatable bonds is 4. The number of halogens is 1. The molecule has 110 valence electrons. The number of amides is 1. The quantitative estimate of drug-likeness (QED) is 0.913. The molecule has 0 unspecified atom stereocenters. The maximum atomic E-state index is 11.8. The summed E-state index contributed by atoms with van der Waals surface area (Å²) in [6.07, 6.45) is 0. The highest BCUT2D eigenvalue weighted by molar-refractivity contribution is 9.10. The van der Waals surface area contributed by atoms with Crippen LogP contribution in [-0.4, -0.2) is 43.5 Å². The lowest BCUT2D eigenvalue weighted by Crippen LogP contribution is -2.48. The van der Waals surface area contributed by atoms with E-state index in [1.807, 2.05) is 7.05 Å². The summed E-state index contributed by atoms with van der Waals surface area (Å²) in [6, 6.07) is 6.83. The van der Waals surface area contributed by atoms with E-state index in [9.17, 15) is 4.79 Å². The number of carbonyl (C=O) groups excluding carboxylic acids is 1. The molecule has 0 spiro atoms. The fourth-order valence-electron chi connectivity index (χ4n) is 2.20. The zero-order valence-electron chi connectivity index (χ0n) is 12.3. The number of nitrogens with zero attached hydrogens (tertiary/aromatic N) is 2. The molecular weight excluding hydrogens is 318 g/mol. The van der Waals surface area contributed by atoms with Crippen LogP contribution in [-0.2, 0) is 11.3 Å². The Kier molecular flexibility index (Phi) is 5.05. The Balaban J connectivity index is 2.08. The second-order valence-corrected chi connectivity index (χ2v) is 6.41. The lowest BCUT2D eigenvalue weighted by molar-refractivity contribution is -0.129. The second-order valence-electron chi connectivity index (χ2n) is 5.56. The van der Waals surface area contributed by atoms with Gasteiger partial charge in [-0.1, -0.05) is 19.9 Å². The molecule has 5 heteroatoms. The summed E-state index contributed by atoms with van der Waals surface area (Å²) in [4.78, 5) is 15.7. The minimum absolute atomic E-state index is 0.175. The Labute approximate surface area is 129 Å². The molecule has 1 aliphatic heterocycles. The highest BCUT2D eigenvalue weighted by Gasteiger charge is 2.22. The van der Waals surface area contributed by atoms with E-state index in [1.165, 1.54) is 5.56 Å². The van der Waals surface area contributed by atoms with Crippen LogP contribution in [0.5, 0.6) is 0 Å². The minimum atomic E-state index is 0.175. The van der Waals surface area contributed by atoms with Crippen molar-refractivity contribution in [2.24, 2.45) is 0 Å². The fourth-order valence-corrected chi connectivity index (χ4v) is 2.88. The van der Waals surface area contributed by atoms with Gasteiger partial charge in [0.2, 0.25) is 5.91 Å². The Morgan fingerprint density at radius 3 is 2.70 bits per heavy atom. The average molecular weight is 340 g/mol. The minimum Gasteiger partial charge on any atom is -0.360 e. The summed E-state index contributed by atoms with van der Waals surface area (Å²) >= 11 is 3.63. The molecule has 0 atom stereocenters. The Hall–Kier alpha value is -1.07. The van der Waals surface area contributed by atoms with Crippen LogP contribution in [0.4, 0.5) is 5.69 Å². The summed E-state index contributed by atoms with van der Waals surface area (Å²) in [5.41, 5.74) is 2.34. The summed E-state index contributed by atoms with van der Waals surface area (Å²) < 4.78 is 1.05. The molecule has 1 amide bonds. The first kappa shape index (κ1) is 15.3. The standard InChI is InChI=1S/C15H22BrN3O/c1-11(2)17-9-12-4-5-14(13(16)8-12)19-7-6-18(3)15(20)10-19/h4-5,8,11,17H,6-7,9-10H2,1-3H3. The van der Waals surface area contributed by atoms with E-state index in [-0.39, 0.29) is 5.91 Å². The van der Waals surface area contributed by atoms with Crippen molar-refractivity contribution in [1.82, 2.24) is 10.2 Å². The van der Waals surface area contributed by atoms with E-state index in [0.29, 0.717) is 12.6 Å². The van der Waals surface area contributed by atoms with Gasteiger partial charge in [0.1, 0.15) is 0 Å². The normalized spacial score (nSPS) is 16.1. The third kappa shape index (κ3) is 3.73. The molecule has 1 saturated heterocycles. The topological polar surface area (TPSA) is 35.6 Å². The molecule has 1 fully saturated rings. The van der Waals surface area contributed by atoms with Gasteiger partial charge in [-0.05, 0) is 33.6 Å². The first-order valence-electron chi connectivity index (χ1n) is 6.98. The summed E-state index contributed by atoms with van der Waals surface area (Å²) in [7, 11) is 1.86. The van der Waals surface area contributed by atoms with Gasteiger partial charge in [-0.25, -0.2) is 0 Å². The van der Waals surface area contributed by atoms with Crippen molar-refractivity contribution in [2.75, 3.05) is 31.6 Å². The predicted octanol–water partition coefficient (Wildman–Crippen LogP) is 2.23. The number of carbonyl (C=O) groups is 1. The number of nitrogens with one attached hydrogen (secondary N) is 1. The van der Waals surface area contributed by atoms with E-state index in [0.717, 1.165) is 29.8 Å². The third-order valence-corrected chi connectivity index (χ3v) is 4.16. The maximum absolute atomic E-state index is 11.8. The first-order chi connectivity index (χ1) is 9.47. The SMILES string of the molecule is CC(C)NCc1ccc(N2CCN(C)C(=O)C2)c(Br)c1. The van der Waals surface area contributed by atoms with Gasteiger partial charge in [0, 0.05) is 37.2 Å². The summed E-state index contributed by atoms with van der Waals surface area (Å²) in [6.45, 7) is 7.25. The van der Waals surface area contributed by atoms with Gasteiger partial charge in [0.05, 0.1) is 12.2 Å². The lowest BCUT2D eigenvalue weighted by atomic mass is 10.1. The van der Waals surface area contributed by atoms with Crippen LogP contribution in [0.1, 0.15) is 19.4 Å². The smallest absolute Gasteiger partial charge is 0.241 e. The van der Waals surface area contributed by atoms with Gasteiger partial charge in [0.15, 0.2) is 0 Å². The van der Waals surface area contributed by atoms with E-state index >= 15 is 0 Å². The molecule has 0 saturated carbocycles. The fraction of sp³-hybridized carbons (Fsp3) is 0.533. The lowest BCUT2D eigenvalue weighted by Gasteiger charge is -2.34. The molecular formula is C15H22BrN3O. The van der Waals surface area contributed by atoms with E-state index < -0.39 is 0 Å². The van der Waals surface area contributed by atoms with Gasteiger partial charge in [-0.15, -0.1) is 0 Å². The zero-order valence-corrected chi connectivity index (χ0v) is 13.9. The molecule has 0 bridgehead atoms. The van der Waals surface area contributed by atoms with E-state index in [1.54, 1.807) is 4.90 Å². The number of likely N-dealkylation sites (N-methyl/N-ethyl adjacent to an activating group) is 1. The highest BCUT2D eigenvalue weighted by Crippen LogP contribution is 2.28. The molecule has 2 rings (SSSR count). The molecule has 20 heavy (non-hydrogen) atoms. The van der Waals surface area contributed by atoms with Crippen LogP contribution in [0.25, 0.3) is 0 Å². The molecule has 1 heterocycles. The molecule has 4 nitrogen and oxygen atoms in total. The van der Waals surface area contributed by atoms with Gasteiger partial charge >= 0.3 is 0 Å². The van der Waals surface area contributed by atoms with Crippen molar-refractivity contribution in [1.29, 1.82) is 0 Å². The number of piperazine rings is 1. The molecule has 1 aliphatic rings. The van der Waals surface area contributed by atoms with Crippen molar-refractivity contribution < 1.29 is 4.79 Å². The Bertz CT molecular complexity index is 490. The molecule has 0 aromatic heterocycles. The van der Waals surface area contributed by atoms with Crippen molar-refractivity contribution >= 4 is 27.5 Å². The molecule has 1 N–H and O–H groups in total. The van der Waals surface area contributed by atoms with Crippen LogP contribution >= 0.6 is 15.9 Å². The highest BCUT2D eigenvalue weighted by atomic mass is 79.9. The summed E-state index contributed by atoms with van der Waals surface area (Å²) in [5, 5.41) is 3.41. The second kappa shape index (κ2) is 6.59. The van der Waals surface area contributed by atoms with Crippen molar-refractivity contribution in [3.05, 3.63) is 28.2 Å². The Morgan fingerprint density at radius 2 is 2.10 bits per heavy atom. The summed E-state index contributed by atoms with van der Waals surface area (Å²) in [5.74, 6) is 0.175. The van der Waals surface area contributed by atoms with Gasteiger partial charge < -0.3 is 15.1 Å². The van der Waals surface area contributed by atoms with Crippen LogP contribution in [0.2, 0.25) is 0 Å². The largest absolute Gasteiger partial charge is 0.360 e. The van der Waals surface area contributed by atoms with Crippen molar-refractivity contribution in [2.45, 2.75) is 26.4 Å². The Morgan fingerprint density at radius 1 is 1.35 bits per heavy atom. The van der Waals surface area contributed by atoms with Crippen molar-refractivity contribution in [3.63, 3.8) is 0 Å². The average Bonchev–Trinajstić information content (AvgIpc) is 2.40. The number of hydrogen-bond donors (Lipinski definition) is 1. The molecule has 0 aliphatic carbocycles. The number of hydrogen-bond acceptors (Lipinski definition) is 3. The first-order valence-corrected chi connectivity index (χ1v) is 7.77. The van der Waals surface area contributed by atoms with Crippen molar-refractivity contribution in [3.8, 4) is 0 Å². The molecule has 1 aromatic rings. The van der Waals surface area contributed by atoms with Gasteiger partial charge in [-0.2, -0.15) is 0 Å². The number of anilines is 1. The van der Waals surface area contributed by atoms with Gasteiger partial charge in [0.25, 0.3) is 0 Å². The van der Waals surface area contributed by atoms with E-state index in [4.69, 9.17) is 0 Å².